The number of halogens is 3. The predicted molar refractivity (Wildman–Crippen MR) is 75.1 cm³/mol. The molecule has 0 fully saturated rings. The Balaban J connectivity index is 0.00000242. The Morgan fingerprint density at radius 2 is 1.73 bits per heavy atom. The quantitative estimate of drug-likeness (QED) is 0.474. The first-order valence-corrected chi connectivity index (χ1v) is 6.18. The number of esters is 1. The molecule has 0 atom stereocenters. The van der Waals surface area contributed by atoms with E-state index in [4.69, 9.17) is 10.5 Å². The van der Waals surface area contributed by atoms with E-state index in [1.165, 1.54) is 0 Å². The molecule has 2 aromatic rings. The molecule has 0 radical (unpaired) electrons. The monoisotopic (exact) mass is 333 g/mol. The van der Waals surface area contributed by atoms with E-state index in [0.29, 0.717) is 0 Å². The number of nitrogen functional groups attached to an aromatic ring is 1. The van der Waals surface area contributed by atoms with Crippen LogP contribution in [0, 0.1) is 0 Å². The molecule has 8 heteroatoms. The van der Waals surface area contributed by atoms with Gasteiger partial charge in [-0.25, -0.2) is 4.79 Å². The number of nitrogens with two attached hydrogens (primary N) is 1. The zero-order valence-corrected chi connectivity index (χ0v) is 15.1. The molecule has 0 saturated heterocycles. The van der Waals surface area contributed by atoms with Gasteiger partial charge in [0, 0.05) is 5.69 Å². The third kappa shape index (κ3) is 5.13. The second kappa shape index (κ2) is 8.17. The van der Waals surface area contributed by atoms with Gasteiger partial charge < -0.3 is 23.4 Å². The van der Waals surface area contributed by atoms with Gasteiger partial charge in [-0.15, -0.1) is 0 Å². The van der Waals surface area contributed by atoms with Crippen LogP contribution in [-0.4, -0.2) is 12.9 Å². The fraction of sp³-hybridized carbons (Fsp3) is 0.0714. The summed E-state index contributed by atoms with van der Waals surface area (Å²) < 4.78 is 42.9. The van der Waals surface area contributed by atoms with Crippen molar-refractivity contribution in [1.29, 1.82) is 0 Å². The molecule has 0 aliphatic carbocycles. The molecule has 0 spiro atoms. The Morgan fingerprint density at radius 1 is 1.09 bits per heavy atom. The van der Waals surface area contributed by atoms with Crippen molar-refractivity contribution in [2.75, 3.05) is 5.73 Å². The van der Waals surface area contributed by atoms with Crippen molar-refractivity contribution in [3.05, 3.63) is 59.7 Å². The summed E-state index contributed by atoms with van der Waals surface area (Å²) >= 11 is 0. The van der Waals surface area contributed by atoms with Gasteiger partial charge in [0.2, 0.25) is 0 Å². The van der Waals surface area contributed by atoms with Crippen molar-refractivity contribution in [3.8, 4) is 0 Å². The molecule has 0 unspecified atom stereocenters. The van der Waals surface area contributed by atoms with E-state index in [-0.39, 0.29) is 63.6 Å². The number of carbonyl (C=O) groups is 1. The zero-order chi connectivity index (χ0) is 15.5. The van der Waals surface area contributed by atoms with Gasteiger partial charge in [-0.2, -0.15) is 0 Å². The predicted octanol–water partition coefficient (Wildman–Crippen LogP) is -0.316. The molecule has 3 nitrogen and oxygen atoms in total. The number of benzene rings is 2. The van der Waals surface area contributed by atoms with Crippen molar-refractivity contribution in [2.24, 2.45) is 0 Å². The normalized spacial score (nSPS) is 10.7. The fourth-order valence-electron chi connectivity index (χ4n) is 1.81. The third-order valence-corrected chi connectivity index (χ3v) is 2.89. The molecule has 0 aliphatic rings. The maximum Gasteiger partial charge on any atom is 1.00 e. The minimum Gasteiger partial charge on any atom is -0.457 e. The van der Waals surface area contributed by atoms with Crippen LogP contribution in [0.25, 0.3) is 0 Å². The van der Waals surface area contributed by atoms with Crippen LogP contribution >= 0.6 is 0 Å². The Labute approximate surface area is 168 Å². The van der Waals surface area contributed by atoms with Gasteiger partial charge in [-0.05, 0) is 11.6 Å². The van der Waals surface area contributed by atoms with Gasteiger partial charge >= 0.3 is 64.3 Å². The molecule has 0 amide bonds. The van der Waals surface area contributed by atoms with Crippen LogP contribution in [0.15, 0.2) is 48.5 Å². The number of hydrogen-bond acceptors (Lipinski definition) is 3. The van der Waals surface area contributed by atoms with Gasteiger partial charge in [0.15, 0.2) is 0 Å². The molecule has 0 aromatic heterocycles. The summed E-state index contributed by atoms with van der Waals surface area (Å²) in [7, 11) is 0. The summed E-state index contributed by atoms with van der Waals surface area (Å²) in [4.78, 5) is 11.8. The van der Waals surface area contributed by atoms with Crippen LogP contribution in [0.3, 0.4) is 0 Å². The number of anilines is 1. The summed E-state index contributed by atoms with van der Waals surface area (Å²) in [6.45, 7) is -5.15. The van der Waals surface area contributed by atoms with E-state index in [1.54, 1.807) is 24.3 Å². The van der Waals surface area contributed by atoms with Crippen LogP contribution in [0.5, 0.6) is 0 Å². The summed E-state index contributed by atoms with van der Waals surface area (Å²) in [5, 5.41) is 0. The number of rotatable bonds is 4. The standard InChI is InChI=1S/C14H12BF3NO2.K/c16-15(17,18)12-7-6-11(8-13(12)19)14(20)21-9-10-4-2-1-3-5-10;/h1-8H,9,19H2;/q-1;+1. The molecule has 0 aliphatic heterocycles. The van der Waals surface area contributed by atoms with E-state index >= 15 is 0 Å². The molecule has 2 rings (SSSR count). The fourth-order valence-corrected chi connectivity index (χ4v) is 1.81. The van der Waals surface area contributed by atoms with Crippen molar-refractivity contribution in [1.82, 2.24) is 0 Å². The van der Waals surface area contributed by atoms with Crippen LogP contribution in [0.1, 0.15) is 15.9 Å². The van der Waals surface area contributed by atoms with Crippen LogP contribution < -0.4 is 62.6 Å². The number of hydrogen-bond donors (Lipinski definition) is 1. The molecular weight excluding hydrogens is 321 g/mol. The summed E-state index contributed by atoms with van der Waals surface area (Å²) in [5.41, 5.74) is 4.74. The molecule has 22 heavy (non-hydrogen) atoms. The van der Waals surface area contributed by atoms with Gasteiger partial charge in [0.05, 0.1) is 5.56 Å². The Morgan fingerprint density at radius 3 is 2.27 bits per heavy atom. The van der Waals surface area contributed by atoms with Crippen molar-refractivity contribution < 1.29 is 73.9 Å². The molecular formula is C14H12BF3KNO2. The average molecular weight is 333 g/mol. The van der Waals surface area contributed by atoms with E-state index in [9.17, 15) is 17.7 Å². The molecule has 2 N–H and O–H groups in total. The SMILES string of the molecule is Nc1cc(C(=O)OCc2ccccc2)ccc1[B-](F)(F)F.[K+]. The second-order valence-corrected chi connectivity index (χ2v) is 4.48. The zero-order valence-electron chi connectivity index (χ0n) is 11.9. The molecule has 2 aromatic carbocycles. The minimum atomic E-state index is -5.19. The van der Waals surface area contributed by atoms with E-state index in [0.717, 1.165) is 23.8 Å². The van der Waals surface area contributed by atoms with Crippen molar-refractivity contribution in [3.63, 3.8) is 0 Å². The minimum absolute atomic E-state index is 0. The first kappa shape index (κ1) is 19.2. The van der Waals surface area contributed by atoms with E-state index < -0.39 is 24.1 Å². The first-order chi connectivity index (χ1) is 9.88. The van der Waals surface area contributed by atoms with Crippen molar-refractivity contribution >= 4 is 24.1 Å². The van der Waals surface area contributed by atoms with Crippen LogP contribution in [-0.2, 0) is 11.3 Å². The maximum atomic E-state index is 12.6. The first-order valence-electron chi connectivity index (χ1n) is 6.18. The van der Waals surface area contributed by atoms with Gasteiger partial charge in [0.25, 0.3) is 0 Å². The number of ether oxygens (including phenoxy) is 1. The molecule has 0 bridgehead atoms. The van der Waals surface area contributed by atoms with Gasteiger partial charge in [-0.3, -0.25) is 0 Å². The largest absolute Gasteiger partial charge is 1.00 e. The topological polar surface area (TPSA) is 52.3 Å². The van der Waals surface area contributed by atoms with Crippen molar-refractivity contribution in [2.45, 2.75) is 6.61 Å². The maximum absolute atomic E-state index is 12.6. The Hall–Kier alpha value is -0.799. The van der Waals surface area contributed by atoms with Gasteiger partial charge in [0.1, 0.15) is 6.61 Å². The van der Waals surface area contributed by atoms with E-state index in [1.807, 2.05) is 6.07 Å². The molecule has 110 valence electrons. The van der Waals surface area contributed by atoms with Gasteiger partial charge in [-0.1, -0.05) is 47.9 Å². The molecule has 0 saturated carbocycles. The van der Waals surface area contributed by atoms with E-state index in [2.05, 4.69) is 0 Å². The third-order valence-electron chi connectivity index (χ3n) is 2.89. The van der Waals surface area contributed by atoms with Crippen LogP contribution in [0.4, 0.5) is 18.6 Å². The molecule has 0 heterocycles. The number of carbonyl (C=O) groups excluding carboxylic acids is 1. The Bertz CT molecular complexity index is 650. The van der Waals surface area contributed by atoms with Crippen LogP contribution in [0.2, 0.25) is 0 Å². The average Bonchev–Trinajstić information content (AvgIpc) is 2.44. The summed E-state index contributed by atoms with van der Waals surface area (Å²) in [6.07, 6.45) is 0. The summed E-state index contributed by atoms with van der Waals surface area (Å²) in [6, 6.07) is 11.8. The Kier molecular flexibility index (Phi) is 7.14. The summed E-state index contributed by atoms with van der Waals surface area (Å²) in [5.74, 6) is -0.716. The smallest absolute Gasteiger partial charge is 0.457 e. The second-order valence-electron chi connectivity index (χ2n) is 4.48.